The van der Waals surface area contributed by atoms with Crippen molar-refractivity contribution in [1.29, 1.82) is 0 Å². The number of ether oxygens (including phenoxy) is 1. The summed E-state index contributed by atoms with van der Waals surface area (Å²) in [6.07, 6.45) is 3.38. The van der Waals surface area contributed by atoms with Crippen LogP contribution in [-0.2, 0) is 4.79 Å². The Labute approximate surface area is 124 Å². The number of carbonyl (C=O) groups excluding carboxylic acids is 2. The van der Waals surface area contributed by atoms with Gasteiger partial charge < -0.3 is 10.1 Å². The van der Waals surface area contributed by atoms with Crippen molar-refractivity contribution in [3.05, 3.63) is 24.3 Å². The molecule has 0 atom stereocenters. The van der Waals surface area contributed by atoms with E-state index in [2.05, 4.69) is 12.2 Å². The van der Waals surface area contributed by atoms with Crippen LogP contribution in [-0.4, -0.2) is 24.6 Å². The first kappa shape index (κ1) is 13.9. The van der Waals surface area contributed by atoms with Gasteiger partial charge in [-0.05, 0) is 43.7 Å². The summed E-state index contributed by atoms with van der Waals surface area (Å²) in [7, 11) is 1.56. The third kappa shape index (κ3) is 2.26. The summed E-state index contributed by atoms with van der Waals surface area (Å²) < 4.78 is 5.17. The number of nitrogens with zero attached hydrogens (tertiary/aromatic N) is 1. The van der Waals surface area contributed by atoms with Crippen LogP contribution < -0.4 is 15.0 Å². The summed E-state index contributed by atoms with van der Waals surface area (Å²) in [5, 5.41) is 2.92. The van der Waals surface area contributed by atoms with Gasteiger partial charge in [0.15, 0.2) is 0 Å². The molecule has 2 fully saturated rings. The van der Waals surface area contributed by atoms with Crippen molar-refractivity contribution in [3.63, 3.8) is 0 Å². The van der Waals surface area contributed by atoms with Gasteiger partial charge in [-0.15, -0.1) is 0 Å². The van der Waals surface area contributed by atoms with Gasteiger partial charge in [0.1, 0.15) is 11.3 Å². The third-order valence-electron chi connectivity index (χ3n) is 4.60. The fourth-order valence-electron chi connectivity index (χ4n) is 3.20. The molecule has 1 saturated carbocycles. The lowest BCUT2D eigenvalue weighted by Gasteiger charge is -2.33. The number of carbonyl (C=O) groups is 2. The first-order valence-electron chi connectivity index (χ1n) is 7.36. The van der Waals surface area contributed by atoms with Crippen molar-refractivity contribution in [3.8, 4) is 5.75 Å². The summed E-state index contributed by atoms with van der Waals surface area (Å²) in [6, 6.07) is 6.71. The molecule has 1 heterocycles. The van der Waals surface area contributed by atoms with E-state index in [-0.39, 0.29) is 11.9 Å². The van der Waals surface area contributed by atoms with E-state index in [1.54, 1.807) is 31.4 Å². The Morgan fingerprint density at radius 3 is 2.67 bits per heavy atom. The van der Waals surface area contributed by atoms with Crippen LogP contribution in [0.1, 0.15) is 32.6 Å². The van der Waals surface area contributed by atoms with E-state index in [0.29, 0.717) is 17.4 Å². The summed E-state index contributed by atoms with van der Waals surface area (Å²) in [6.45, 7) is 2.19. The predicted molar refractivity (Wildman–Crippen MR) is 79.4 cm³/mol. The van der Waals surface area contributed by atoms with Gasteiger partial charge in [-0.25, -0.2) is 9.69 Å². The zero-order valence-electron chi connectivity index (χ0n) is 12.4. The molecule has 1 aliphatic carbocycles. The van der Waals surface area contributed by atoms with Gasteiger partial charge in [-0.1, -0.05) is 13.0 Å². The molecule has 3 rings (SSSR count). The number of nitrogens with one attached hydrogen (secondary N) is 1. The molecule has 0 radical (unpaired) electrons. The van der Waals surface area contributed by atoms with E-state index < -0.39 is 5.54 Å². The predicted octanol–water partition coefficient (Wildman–Crippen LogP) is 2.70. The van der Waals surface area contributed by atoms with Crippen LogP contribution in [0.25, 0.3) is 0 Å². The lowest BCUT2D eigenvalue weighted by atomic mass is 9.77. The summed E-state index contributed by atoms with van der Waals surface area (Å²) in [5.74, 6) is 1.12. The summed E-state index contributed by atoms with van der Waals surface area (Å²) in [5.41, 5.74) is -0.139. The Hall–Kier alpha value is -2.04. The number of rotatable bonds is 2. The molecule has 1 N–H and O–H groups in total. The van der Waals surface area contributed by atoms with Crippen LogP contribution >= 0.6 is 0 Å². The normalized spacial score (nSPS) is 28.9. The second-order valence-electron chi connectivity index (χ2n) is 6.04. The zero-order chi connectivity index (χ0) is 15.0. The second-order valence-corrected chi connectivity index (χ2v) is 6.04. The molecule has 3 amide bonds. The van der Waals surface area contributed by atoms with Crippen LogP contribution in [0.3, 0.4) is 0 Å². The zero-order valence-corrected chi connectivity index (χ0v) is 12.4. The van der Waals surface area contributed by atoms with E-state index >= 15 is 0 Å². The molecule has 0 aromatic heterocycles. The maximum Gasteiger partial charge on any atom is 0.329 e. The second kappa shape index (κ2) is 5.06. The number of benzene rings is 1. The van der Waals surface area contributed by atoms with E-state index in [9.17, 15) is 9.59 Å². The smallest absolute Gasteiger partial charge is 0.329 e. The maximum absolute atomic E-state index is 12.8. The van der Waals surface area contributed by atoms with E-state index in [4.69, 9.17) is 4.74 Å². The average Bonchev–Trinajstić information content (AvgIpc) is 2.73. The van der Waals surface area contributed by atoms with Crippen molar-refractivity contribution < 1.29 is 14.3 Å². The molecule has 21 heavy (non-hydrogen) atoms. The highest BCUT2D eigenvalue weighted by atomic mass is 16.5. The number of anilines is 1. The van der Waals surface area contributed by atoms with Gasteiger partial charge in [0.05, 0.1) is 12.8 Å². The molecule has 1 aliphatic heterocycles. The molecular weight excluding hydrogens is 268 g/mol. The largest absolute Gasteiger partial charge is 0.497 e. The van der Waals surface area contributed by atoms with Crippen LogP contribution in [0.15, 0.2) is 24.3 Å². The monoisotopic (exact) mass is 288 g/mol. The Morgan fingerprint density at radius 1 is 1.29 bits per heavy atom. The minimum Gasteiger partial charge on any atom is -0.497 e. The number of urea groups is 1. The minimum absolute atomic E-state index is 0.132. The number of imide groups is 1. The molecule has 1 saturated heterocycles. The van der Waals surface area contributed by atoms with E-state index in [1.807, 2.05) is 0 Å². The van der Waals surface area contributed by atoms with Gasteiger partial charge in [-0.2, -0.15) is 0 Å². The molecule has 5 nitrogen and oxygen atoms in total. The lowest BCUT2D eigenvalue weighted by molar-refractivity contribution is -0.123. The highest BCUT2D eigenvalue weighted by Crippen LogP contribution is 2.38. The first-order valence-corrected chi connectivity index (χ1v) is 7.36. The van der Waals surface area contributed by atoms with Gasteiger partial charge in [-0.3, -0.25) is 4.79 Å². The van der Waals surface area contributed by atoms with Crippen LogP contribution in [0, 0.1) is 5.92 Å². The topological polar surface area (TPSA) is 58.6 Å². The molecular formula is C16H20N2O3. The maximum atomic E-state index is 12.8. The van der Waals surface area contributed by atoms with Crippen LogP contribution in [0.4, 0.5) is 10.5 Å². The van der Waals surface area contributed by atoms with Gasteiger partial charge in [0, 0.05) is 6.07 Å². The molecule has 1 aromatic rings. The molecule has 1 spiro atoms. The Morgan fingerprint density at radius 2 is 2.00 bits per heavy atom. The Balaban J connectivity index is 1.90. The number of hydrogen-bond donors (Lipinski definition) is 1. The van der Waals surface area contributed by atoms with Crippen LogP contribution in [0.5, 0.6) is 5.75 Å². The summed E-state index contributed by atoms with van der Waals surface area (Å²) in [4.78, 5) is 26.3. The van der Waals surface area contributed by atoms with Crippen molar-refractivity contribution in [2.75, 3.05) is 12.0 Å². The molecule has 1 aromatic carbocycles. The van der Waals surface area contributed by atoms with Crippen molar-refractivity contribution in [2.45, 2.75) is 38.1 Å². The Bertz CT molecular complexity index is 577. The lowest BCUT2D eigenvalue weighted by Crippen LogP contribution is -2.49. The van der Waals surface area contributed by atoms with Crippen molar-refractivity contribution in [2.24, 2.45) is 5.92 Å². The number of hydrogen-bond acceptors (Lipinski definition) is 3. The van der Waals surface area contributed by atoms with Gasteiger partial charge in [0.25, 0.3) is 5.91 Å². The average molecular weight is 288 g/mol. The Kier molecular flexibility index (Phi) is 3.35. The number of methoxy groups -OCH3 is 1. The molecule has 0 bridgehead atoms. The minimum atomic E-state index is -0.702. The fraction of sp³-hybridized carbons (Fsp3) is 0.500. The standard InChI is InChI=1S/C16H20N2O3/c1-11-6-8-16(9-7-11)14(19)18(15(20)17-16)12-4-3-5-13(10-12)21-2/h3-5,10-11H,6-9H2,1-2H3,(H,17,20). The molecule has 2 aliphatic rings. The molecule has 5 heteroatoms. The highest BCUT2D eigenvalue weighted by Gasteiger charge is 2.52. The molecule has 0 unspecified atom stereocenters. The van der Waals surface area contributed by atoms with Crippen LogP contribution in [0.2, 0.25) is 0 Å². The van der Waals surface area contributed by atoms with Gasteiger partial charge >= 0.3 is 6.03 Å². The highest BCUT2D eigenvalue weighted by molar-refractivity contribution is 6.23. The quantitative estimate of drug-likeness (QED) is 0.851. The SMILES string of the molecule is COc1cccc(N2C(=O)NC3(CCC(C)CC3)C2=O)c1. The third-order valence-corrected chi connectivity index (χ3v) is 4.60. The fourth-order valence-corrected chi connectivity index (χ4v) is 3.20. The molecule has 112 valence electrons. The van der Waals surface area contributed by atoms with Gasteiger partial charge in [0.2, 0.25) is 0 Å². The van der Waals surface area contributed by atoms with Crippen molar-refractivity contribution in [1.82, 2.24) is 5.32 Å². The number of amides is 3. The summed E-state index contributed by atoms with van der Waals surface area (Å²) >= 11 is 0. The van der Waals surface area contributed by atoms with E-state index in [0.717, 1.165) is 25.7 Å². The van der Waals surface area contributed by atoms with Crippen molar-refractivity contribution >= 4 is 17.6 Å². The first-order chi connectivity index (χ1) is 10.1. The van der Waals surface area contributed by atoms with E-state index in [1.165, 1.54) is 4.90 Å².